The van der Waals surface area contributed by atoms with Gasteiger partial charge in [-0.1, -0.05) is 39.3 Å². The molecular weight excluding hydrogens is 281 g/mol. The van der Waals surface area contributed by atoms with Gasteiger partial charge in [-0.15, -0.1) is 47.0 Å². The van der Waals surface area contributed by atoms with Crippen molar-refractivity contribution in [1.82, 2.24) is 0 Å². The van der Waals surface area contributed by atoms with Crippen molar-refractivity contribution in [1.29, 1.82) is 0 Å². The van der Waals surface area contributed by atoms with E-state index in [0.29, 0.717) is 0 Å². The molecule has 2 rings (SSSR count). The molecule has 0 aromatic heterocycles. The van der Waals surface area contributed by atoms with Gasteiger partial charge in [0.2, 0.25) is 0 Å². The van der Waals surface area contributed by atoms with E-state index < -0.39 is 0 Å². The Morgan fingerprint density at radius 1 is 1.18 bits per heavy atom. The van der Waals surface area contributed by atoms with Gasteiger partial charge in [-0.25, -0.2) is 0 Å². The summed E-state index contributed by atoms with van der Waals surface area (Å²) in [4.78, 5) is 0. The molecule has 0 bridgehead atoms. The maximum absolute atomic E-state index is 3.35. The number of aryl methyl sites for hydroxylation is 1. The van der Waals surface area contributed by atoms with E-state index in [2.05, 4.69) is 52.0 Å². The van der Waals surface area contributed by atoms with Gasteiger partial charge in [-0.05, 0) is 11.8 Å². The van der Waals surface area contributed by atoms with Crippen LogP contribution in [-0.2, 0) is 32.7 Å². The predicted octanol–water partition coefficient (Wildman–Crippen LogP) is 4.55. The Morgan fingerprint density at radius 2 is 1.88 bits per heavy atom. The zero-order chi connectivity index (χ0) is 11.8. The Hall–Kier alpha value is -0.196. The van der Waals surface area contributed by atoms with Crippen LogP contribution in [0.15, 0.2) is 35.9 Å². The van der Waals surface area contributed by atoms with Crippen LogP contribution < -0.4 is 0 Å². The second kappa shape index (κ2) is 5.63. The number of hydrogen-bond acceptors (Lipinski definition) is 0. The molecule has 0 fully saturated rings. The molecule has 0 spiro atoms. The van der Waals surface area contributed by atoms with Crippen LogP contribution in [0.25, 0.3) is 5.57 Å². The third-order valence-electron chi connectivity index (χ3n) is 3.22. The van der Waals surface area contributed by atoms with Crippen LogP contribution in [-0.4, -0.2) is 0 Å². The minimum atomic E-state index is 0. The van der Waals surface area contributed by atoms with Gasteiger partial charge >= 0.3 is 32.7 Å². The minimum Gasteiger partial charge on any atom is -0.147 e. The molecule has 0 unspecified atom stereocenters. The molecule has 0 nitrogen and oxygen atoms in total. The van der Waals surface area contributed by atoms with E-state index in [1.165, 1.54) is 22.3 Å². The monoisotopic (exact) mass is 300 g/mol. The Bertz CT molecular complexity index is 459. The molecular formula is C16H19Y+2. The molecule has 0 N–H and O–H groups in total. The maximum atomic E-state index is 3.35. The minimum absolute atomic E-state index is 0. The summed E-state index contributed by atoms with van der Waals surface area (Å²) in [5, 5.41) is 0. The van der Waals surface area contributed by atoms with Gasteiger partial charge in [0, 0.05) is 0 Å². The van der Waals surface area contributed by atoms with Crippen molar-refractivity contribution < 1.29 is 32.7 Å². The molecule has 1 aliphatic rings. The molecule has 1 heteroatoms. The van der Waals surface area contributed by atoms with E-state index in [1.54, 1.807) is 0 Å². The molecule has 0 saturated carbocycles. The Balaban J connectivity index is 0.00000144. The number of hydrogen-bond donors (Lipinski definition) is 0. The second-order valence-electron chi connectivity index (χ2n) is 5.54. The van der Waals surface area contributed by atoms with Crippen molar-refractivity contribution in [2.45, 2.75) is 34.1 Å². The average Bonchev–Trinajstić information content (AvgIpc) is 2.66. The van der Waals surface area contributed by atoms with E-state index in [4.69, 9.17) is 0 Å². The third-order valence-corrected chi connectivity index (χ3v) is 3.22. The predicted molar refractivity (Wildman–Crippen MR) is 70.1 cm³/mol. The Kier molecular flexibility index (Phi) is 4.92. The van der Waals surface area contributed by atoms with Gasteiger partial charge < -0.3 is 0 Å². The van der Waals surface area contributed by atoms with E-state index in [-0.39, 0.29) is 38.1 Å². The van der Waals surface area contributed by atoms with Gasteiger partial charge in [0.05, 0.1) is 0 Å². The number of benzene rings is 1. The van der Waals surface area contributed by atoms with Crippen molar-refractivity contribution >= 4 is 5.57 Å². The topological polar surface area (TPSA) is 0 Å². The molecule has 0 amide bonds. The van der Waals surface area contributed by atoms with Crippen LogP contribution >= 0.6 is 0 Å². The van der Waals surface area contributed by atoms with Crippen molar-refractivity contribution in [2.75, 3.05) is 0 Å². The number of rotatable bonds is 1. The van der Waals surface area contributed by atoms with Gasteiger partial charge in [0.25, 0.3) is 0 Å². The molecule has 1 aromatic carbocycles. The van der Waals surface area contributed by atoms with Crippen molar-refractivity contribution in [2.24, 2.45) is 5.41 Å². The Labute approximate surface area is 130 Å². The van der Waals surface area contributed by atoms with Gasteiger partial charge in [-0.2, -0.15) is 0 Å². The standard InChI is InChI=1S/C16H19.Y/c1-12-7-5-6-8-15(12)13-9-10-14(11-13)16(2,3)4;/h5-7,9-10H,11H2,1-4H3;/q-1;+3. The van der Waals surface area contributed by atoms with Crippen molar-refractivity contribution in [3.63, 3.8) is 0 Å². The maximum Gasteiger partial charge on any atom is 3.00 e. The summed E-state index contributed by atoms with van der Waals surface area (Å²) in [5.74, 6) is 0. The first-order valence-corrected chi connectivity index (χ1v) is 5.86. The zero-order valence-corrected chi connectivity index (χ0v) is 14.0. The molecule has 0 heterocycles. The van der Waals surface area contributed by atoms with E-state index in [0.717, 1.165) is 6.42 Å². The molecule has 1 aliphatic carbocycles. The van der Waals surface area contributed by atoms with Crippen LogP contribution in [0.5, 0.6) is 0 Å². The quantitative estimate of drug-likeness (QED) is 0.667. The smallest absolute Gasteiger partial charge is 0.147 e. The SMILES string of the molecule is Cc1ccc[c-]c1C1=CC=C(C(C)(C)C)C1.[Y+3]. The fourth-order valence-corrected chi connectivity index (χ4v) is 2.08. The average molecular weight is 300 g/mol. The summed E-state index contributed by atoms with van der Waals surface area (Å²) >= 11 is 0. The van der Waals surface area contributed by atoms with Crippen LogP contribution in [0.3, 0.4) is 0 Å². The van der Waals surface area contributed by atoms with Crippen LogP contribution in [0.4, 0.5) is 0 Å². The first-order chi connectivity index (χ1) is 7.48. The van der Waals surface area contributed by atoms with Crippen LogP contribution in [0.2, 0.25) is 0 Å². The first-order valence-electron chi connectivity index (χ1n) is 5.86. The summed E-state index contributed by atoms with van der Waals surface area (Å²) in [6.45, 7) is 8.98. The van der Waals surface area contributed by atoms with Crippen LogP contribution in [0.1, 0.15) is 38.3 Å². The van der Waals surface area contributed by atoms with Gasteiger partial charge in [0.1, 0.15) is 0 Å². The third kappa shape index (κ3) is 3.39. The summed E-state index contributed by atoms with van der Waals surface area (Å²) < 4.78 is 0. The van der Waals surface area contributed by atoms with Gasteiger partial charge in [-0.3, -0.25) is 0 Å². The molecule has 84 valence electrons. The van der Waals surface area contributed by atoms with Crippen molar-refractivity contribution in [3.8, 4) is 0 Å². The summed E-state index contributed by atoms with van der Waals surface area (Å²) in [6, 6.07) is 9.55. The van der Waals surface area contributed by atoms with E-state index in [1.807, 2.05) is 12.1 Å². The molecule has 17 heavy (non-hydrogen) atoms. The summed E-state index contributed by atoms with van der Waals surface area (Å²) in [6.07, 6.45) is 5.60. The fourth-order valence-electron chi connectivity index (χ4n) is 2.08. The van der Waals surface area contributed by atoms with E-state index in [9.17, 15) is 0 Å². The van der Waals surface area contributed by atoms with Crippen LogP contribution in [0, 0.1) is 18.4 Å². The van der Waals surface area contributed by atoms with E-state index >= 15 is 0 Å². The second-order valence-corrected chi connectivity index (χ2v) is 5.54. The number of allylic oxidation sites excluding steroid dienone is 4. The fraction of sp³-hybridized carbons (Fsp3) is 0.375. The van der Waals surface area contributed by atoms with Crippen molar-refractivity contribution in [3.05, 3.63) is 53.1 Å². The first kappa shape index (κ1) is 14.9. The normalized spacial score (nSPS) is 15.1. The molecule has 0 aliphatic heterocycles. The molecule has 0 atom stereocenters. The summed E-state index contributed by atoms with van der Waals surface area (Å²) in [7, 11) is 0. The van der Waals surface area contributed by atoms with Gasteiger partial charge in [0.15, 0.2) is 0 Å². The zero-order valence-electron chi connectivity index (χ0n) is 11.2. The Morgan fingerprint density at radius 3 is 2.41 bits per heavy atom. The summed E-state index contributed by atoms with van der Waals surface area (Å²) in [5.41, 5.74) is 5.79. The largest absolute Gasteiger partial charge is 3.00 e. The molecule has 0 saturated heterocycles. The molecule has 1 aromatic rings. The molecule has 0 radical (unpaired) electrons.